The summed E-state index contributed by atoms with van der Waals surface area (Å²) in [5.74, 6) is 1.32. The van der Waals surface area contributed by atoms with Gasteiger partial charge in [-0.15, -0.1) is 0 Å². The van der Waals surface area contributed by atoms with Crippen molar-refractivity contribution in [1.29, 1.82) is 0 Å². The average Bonchev–Trinajstić information content (AvgIpc) is 2.92. The maximum atomic E-state index is 12.2. The number of anilines is 1. The Balaban J connectivity index is 1.78. The highest BCUT2D eigenvalue weighted by atomic mass is 16.5. The number of nitrogens with zero attached hydrogens (tertiary/aromatic N) is 2. The van der Waals surface area contributed by atoms with Crippen molar-refractivity contribution in [2.24, 2.45) is 0 Å². The van der Waals surface area contributed by atoms with Crippen molar-refractivity contribution >= 4 is 11.7 Å². The van der Waals surface area contributed by atoms with Crippen molar-refractivity contribution in [3.8, 4) is 11.5 Å². The molecule has 1 aliphatic heterocycles. The molecular weight excluding hydrogens is 308 g/mol. The molecule has 1 aromatic heterocycles. The van der Waals surface area contributed by atoms with Crippen molar-refractivity contribution in [2.45, 2.75) is 32.9 Å². The lowest BCUT2D eigenvalue weighted by atomic mass is 10.1. The van der Waals surface area contributed by atoms with Crippen LogP contribution in [0, 0.1) is 0 Å². The Hall–Kier alpha value is -2.83. The van der Waals surface area contributed by atoms with E-state index in [0.29, 0.717) is 6.61 Å². The Morgan fingerprint density at radius 3 is 2.96 bits per heavy atom. The molecule has 7 nitrogen and oxygen atoms in total. The summed E-state index contributed by atoms with van der Waals surface area (Å²) in [7, 11) is 0. The zero-order valence-corrected chi connectivity index (χ0v) is 13.7. The van der Waals surface area contributed by atoms with Crippen molar-refractivity contribution in [3.05, 3.63) is 41.3 Å². The van der Waals surface area contributed by atoms with Crippen LogP contribution >= 0.6 is 0 Å². The summed E-state index contributed by atoms with van der Waals surface area (Å²) in [6, 6.07) is 3.91. The van der Waals surface area contributed by atoms with Crippen molar-refractivity contribution in [3.63, 3.8) is 0 Å². The van der Waals surface area contributed by atoms with E-state index in [1.807, 2.05) is 26.0 Å². The third-order valence-electron chi connectivity index (χ3n) is 3.76. The Labute approximate surface area is 140 Å². The molecule has 1 unspecified atom stereocenters. The van der Waals surface area contributed by atoms with Gasteiger partial charge >= 0.3 is 0 Å². The lowest BCUT2D eigenvalue weighted by molar-refractivity contribution is 0.0946. The monoisotopic (exact) mass is 328 g/mol. The van der Waals surface area contributed by atoms with E-state index in [1.165, 1.54) is 12.4 Å². The van der Waals surface area contributed by atoms with E-state index in [4.69, 9.17) is 15.2 Å². The lowest BCUT2D eigenvalue weighted by Gasteiger charge is -2.13. The van der Waals surface area contributed by atoms with Gasteiger partial charge in [-0.2, -0.15) is 0 Å². The lowest BCUT2D eigenvalue weighted by Crippen LogP contribution is -2.25. The van der Waals surface area contributed by atoms with Crippen molar-refractivity contribution in [1.82, 2.24) is 15.3 Å². The van der Waals surface area contributed by atoms with Gasteiger partial charge in [0, 0.05) is 36.5 Å². The molecule has 0 radical (unpaired) electrons. The average molecular weight is 328 g/mol. The third kappa shape index (κ3) is 3.24. The molecule has 2 aromatic rings. The number of carbonyl (C=O) groups excluding carboxylic acids is 1. The number of aromatic nitrogens is 2. The Kier molecular flexibility index (Phi) is 4.50. The molecule has 0 bridgehead atoms. The predicted molar refractivity (Wildman–Crippen MR) is 89.0 cm³/mol. The first kappa shape index (κ1) is 16.0. The molecule has 0 saturated heterocycles. The minimum Gasteiger partial charge on any atom is -0.494 e. The quantitative estimate of drug-likeness (QED) is 0.867. The number of fused-ring (bicyclic) bond motifs is 1. The molecular formula is C17H20N4O3. The predicted octanol–water partition coefficient (Wildman–Crippen LogP) is 1.71. The maximum Gasteiger partial charge on any atom is 0.273 e. The molecule has 3 N–H and O–H groups in total. The highest BCUT2D eigenvalue weighted by Gasteiger charge is 2.22. The summed E-state index contributed by atoms with van der Waals surface area (Å²) in [4.78, 5) is 20.1. The zero-order valence-electron chi connectivity index (χ0n) is 13.7. The molecule has 0 spiro atoms. The molecule has 24 heavy (non-hydrogen) atoms. The summed E-state index contributed by atoms with van der Waals surface area (Å²) < 4.78 is 11.5. The second kappa shape index (κ2) is 6.74. The maximum absolute atomic E-state index is 12.2. The van der Waals surface area contributed by atoms with Crippen molar-refractivity contribution < 1.29 is 14.3 Å². The van der Waals surface area contributed by atoms with E-state index >= 15 is 0 Å². The summed E-state index contributed by atoms with van der Waals surface area (Å²) in [5.41, 5.74) is 7.76. The van der Waals surface area contributed by atoms with E-state index in [-0.39, 0.29) is 30.1 Å². The van der Waals surface area contributed by atoms with Crippen LogP contribution in [0.25, 0.3) is 0 Å². The fraction of sp³-hybridized carbons (Fsp3) is 0.353. The zero-order chi connectivity index (χ0) is 17.1. The standard InChI is InChI=1S/C17H20N4O3/c1-3-23-13-7-11-6-10(2)24-14(11)8-12(13)9-21-17(22)15-16(18)20-5-4-19-15/h4-5,7-8,10H,3,6,9H2,1-2H3,(H2,18,20)(H,21,22). The van der Waals surface area contributed by atoms with Crippen LogP contribution in [0.2, 0.25) is 0 Å². The van der Waals surface area contributed by atoms with Crippen LogP contribution in [0.4, 0.5) is 5.82 Å². The summed E-state index contributed by atoms with van der Waals surface area (Å²) in [6.07, 6.45) is 3.89. The summed E-state index contributed by atoms with van der Waals surface area (Å²) in [5, 5.41) is 2.80. The normalized spacial score (nSPS) is 15.5. The van der Waals surface area contributed by atoms with E-state index in [0.717, 1.165) is 29.0 Å². The second-order valence-electron chi connectivity index (χ2n) is 5.61. The van der Waals surface area contributed by atoms with Gasteiger partial charge in [0.1, 0.15) is 17.6 Å². The fourth-order valence-electron chi connectivity index (χ4n) is 2.69. The number of carbonyl (C=O) groups is 1. The smallest absolute Gasteiger partial charge is 0.273 e. The Morgan fingerprint density at radius 2 is 2.21 bits per heavy atom. The van der Waals surface area contributed by atoms with Crippen LogP contribution in [0.3, 0.4) is 0 Å². The van der Waals surface area contributed by atoms with Crippen LogP contribution in [0.1, 0.15) is 35.5 Å². The van der Waals surface area contributed by atoms with Gasteiger partial charge in [-0.1, -0.05) is 0 Å². The van der Waals surface area contributed by atoms with E-state index < -0.39 is 0 Å². The molecule has 0 aliphatic carbocycles. The van der Waals surface area contributed by atoms with Gasteiger partial charge in [0.15, 0.2) is 11.5 Å². The Morgan fingerprint density at radius 1 is 1.42 bits per heavy atom. The second-order valence-corrected chi connectivity index (χ2v) is 5.61. The molecule has 1 atom stereocenters. The molecule has 7 heteroatoms. The number of nitrogen functional groups attached to an aromatic ring is 1. The number of rotatable bonds is 5. The van der Waals surface area contributed by atoms with Gasteiger partial charge < -0.3 is 20.5 Å². The van der Waals surface area contributed by atoms with Gasteiger partial charge in [0.05, 0.1) is 6.61 Å². The highest BCUT2D eigenvalue weighted by molar-refractivity contribution is 5.96. The molecule has 0 fully saturated rings. The largest absolute Gasteiger partial charge is 0.494 e. The van der Waals surface area contributed by atoms with Gasteiger partial charge in [0.25, 0.3) is 5.91 Å². The van der Waals surface area contributed by atoms with E-state index in [1.54, 1.807) is 0 Å². The molecule has 0 saturated carbocycles. The van der Waals surface area contributed by atoms with Crippen LogP contribution in [-0.4, -0.2) is 28.6 Å². The van der Waals surface area contributed by atoms with Gasteiger partial charge in [-0.3, -0.25) is 4.79 Å². The van der Waals surface area contributed by atoms with Crippen LogP contribution in [-0.2, 0) is 13.0 Å². The number of nitrogens with two attached hydrogens (primary N) is 1. The SMILES string of the molecule is CCOc1cc2c(cc1CNC(=O)c1nccnc1N)OC(C)C2. The fourth-order valence-corrected chi connectivity index (χ4v) is 2.69. The minimum atomic E-state index is -0.377. The first-order chi connectivity index (χ1) is 11.6. The number of hydrogen-bond donors (Lipinski definition) is 2. The van der Waals surface area contributed by atoms with Crippen LogP contribution < -0.4 is 20.5 Å². The van der Waals surface area contributed by atoms with Crippen molar-refractivity contribution in [2.75, 3.05) is 12.3 Å². The molecule has 3 rings (SSSR count). The van der Waals surface area contributed by atoms with E-state index in [9.17, 15) is 4.79 Å². The molecule has 1 aliphatic rings. The number of nitrogens with one attached hydrogen (secondary N) is 1. The molecule has 2 heterocycles. The van der Waals surface area contributed by atoms with Gasteiger partial charge in [-0.25, -0.2) is 9.97 Å². The van der Waals surface area contributed by atoms with Crippen LogP contribution in [0.5, 0.6) is 11.5 Å². The first-order valence-electron chi connectivity index (χ1n) is 7.88. The van der Waals surface area contributed by atoms with E-state index in [2.05, 4.69) is 15.3 Å². The third-order valence-corrected chi connectivity index (χ3v) is 3.76. The minimum absolute atomic E-state index is 0.103. The number of hydrogen-bond acceptors (Lipinski definition) is 6. The molecule has 126 valence electrons. The Bertz CT molecular complexity index is 763. The topological polar surface area (TPSA) is 99.4 Å². The molecule has 1 amide bonds. The van der Waals surface area contributed by atoms with Gasteiger partial charge in [0.2, 0.25) is 0 Å². The summed E-state index contributed by atoms with van der Waals surface area (Å²) >= 11 is 0. The number of ether oxygens (including phenoxy) is 2. The highest BCUT2D eigenvalue weighted by Crippen LogP contribution is 2.35. The number of benzene rings is 1. The number of amides is 1. The first-order valence-corrected chi connectivity index (χ1v) is 7.88. The van der Waals surface area contributed by atoms with Gasteiger partial charge in [-0.05, 0) is 26.0 Å². The van der Waals surface area contributed by atoms with Crippen LogP contribution in [0.15, 0.2) is 24.5 Å². The molecule has 1 aromatic carbocycles. The summed E-state index contributed by atoms with van der Waals surface area (Å²) in [6.45, 7) is 4.79.